The van der Waals surface area contributed by atoms with E-state index in [1.165, 1.54) is 38.5 Å². The minimum atomic E-state index is -0.629. The molecule has 0 radical (unpaired) electrons. The second kappa shape index (κ2) is 26.8. The lowest BCUT2D eigenvalue weighted by molar-refractivity contribution is -0.385. The zero-order valence-corrected chi connectivity index (χ0v) is 52.8. The van der Waals surface area contributed by atoms with Crippen molar-refractivity contribution in [1.82, 2.24) is 21.3 Å². The Hall–Kier alpha value is -9.20. The Balaban J connectivity index is 1.28. The number of nitrogens with zero attached hydrogens (tertiary/aromatic N) is 2. The Bertz CT molecular complexity index is 3340. The van der Waals surface area contributed by atoms with Crippen LogP contribution in [0.5, 0.6) is 34.5 Å². The fraction of sp³-hybridized carbons (Fsp3) is 0.412. The molecule has 6 N–H and O–H groups in total. The highest BCUT2D eigenvalue weighted by atomic mass is 16.6. The van der Waals surface area contributed by atoms with E-state index >= 15 is 0 Å². The van der Waals surface area contributed by atoms with E-state index in [1.54, 1.807) is 0 Å². The SMILES string of the molecule is COc1ccc([N+](=O)[O-])cc1C(=O)NCCNC(=O)COc1c2cc(C(C)(C)C)cc1Cc1cc(C(C)(C)C)cc(c1O)Cc1cc(C(C)(C)C)cc(c1OCC(=O)NCCNC(=O)c1cc([N+](=O)[O-])ccc1OC)Cc1cc(C(C)(C)C)cc(c1O)C2. The molecule has 0 atom stereocenters. The summed E-state index contributed by atoms with van der Waals surface area (Å²) in [6.45, 7) is 24.2. The highest BCUT2D eigenvalue weighted by Gasteiger charge is 2.30. The van der Waals surface area contributed by atoms with Crippen LogP contribution in [0, 0.1) is 20.2 Å². The molecule has 0 aromatic heterocycles. The van der Waals surface area contributed by atoms with Gasteiger partial charge in [0, 0.05) is 76.1 Å². The molecule has 0 saturated carbocycles. The highest BCUT2D eigenvalue weighted by Crippen LogP contribution is 2.44. The zero-order chi connectivity index (χ0) is 64.8. The summed E-state index contributed by atoms with van der Waals surface area (Å²) in [4.78, 5) is 75.6. The van der Waals surface area contributed by atoms with Crippen molar-refractivity contribution in [3.05, 3.63) is 183 Å². The molecular weight excluding hydrogens is 1120 g/mol. The van der Waals surface area contributed by atoms with E-state index in [9.17, 15) is 49.6 Å². The number of amides is 4. The minimum Gasteiger partial charge on any atom is -0.507 e. The van der Waals surface area contributed by atoms with Gasteiger partial charge in [-0.3, -0.25) is 39.4 Å². The predicted molar refractivity (Wildman–Crippen MR) is 336 cm³/mol. The minimum absolute atomic E-state index is 0.00868. The number of nitro benzene ring substituents is 2. The molecule has 0 aliphatic heterocycles. The number of fused-ring (bicyclic) bond motifs is 8. The molecule has 4 amide bonds. The Kier molecular flexibility index (Phi) is 20.2. The average Bonchev–Trinajstić information content (AvgIpc) is 1.27. The second-order valence-electron chi connectivity index (χ2n) is 26.3. The number of ether oxygens (including phenoxy) is 4. The van der Waals surface area contributed by atoms with Gasteiger partial charge in [-0.25, -0.2) is 0 Å². The Morgan fingerprint density at radius 1 is 0.432 bits per heavy atom. The van der Waals surface area contributed by atoms with E-state index < -0.39 is 68.3 Å². The van der Waals surface area contributed by atoms with Crippen molar-refractivity contribution in [3.63, 3.8) is 0 Å². The highest BCUT2D eigenvalue weighted by molar-refractivity contribution is 5.98. The third-order valence-corrected chi connectivity index (χ3v) is 15.4. The number of nitro groups is 2. The van der Waals surface area contributed by atoms with Crippen molar-refractivity contribution in [2.75, 3.05) is 53.6 Å². The lowest BCUT2D eigenvalue weighted by atomic mass is 9.79. The topological polar surface area (TPSA) is 280 Å². The van der Waals surface area contributed by atoms with E-state index in [-0.39, 0.29) is 97.4 Å². The number of hydrogen-bond acceptors (Lipinski definition) is 14. The number of nitrogens with one attached hydrogen (secondary N) is 4. The molecule has 0 heterocycles. The Morgan fingerprint density at radius 2 is 0.693 bits per heavy atom. The van der Waals surface area contributed by atoms with Crippen LogP contribution in [-0.2, 0) is 56.9 Å². The van der Waals surface area contributed by atoms with Crippen molar-refractivity contribution >= 4 is 35.0 Å². The fourth-order valence-electron chi connectivity index (χ4n) is 10.3. The van der Waals surface area contributed by atoms with Crippen molar-refractivity contribution in [2.45, 2.75) is 130 Å². The molecular formula is C68H82N6O14. The first-order valence-corrected chi connectivity index (χ1v) is 29.2. The number of carbonyl (C=O) groups excluding carboxylic acids is 4. The molecule has 468 valence electrons. The van der Waals surface area contributed by atoms with Crippen LogP contribution < -0.4 is 40.2 Å². The molecule has 7 rings (SSSR count). The summed E-state index contributed by atoms with van der Waals surface area (Å²) in [6, 6.07) is 23.5. The lowest BCUT2D eigenvalue weighted by Crippen LogP contribution is -2.37. The first kappa shape index (κ1) is 66.3. The van der Waals surface area contributed by atoms with Crippen LogP contribution in [0.4, 0.5) is 11.4 Å². The maximum absolute atomic E-state index is 13.8. The van der Waals surface area contributed by atoms with Gasteiger partial charge in [0.1, 0.15) is 34.5 Å². The van der Waals surface area contributed by atoms with E-state index in [2.05, 4.69) is 104 Å². The van der Waals surface area contributed by atoms with Crippen LogP contribution >= 0.6 is 0 Å². The molecule has 0 fully saturated rings. The van der Waals surface area contributed by atoms with Gasteiger partial charge in [0.2, 0.25) is 0 Å². The van der Waals surface area contributed by atoms with Gasteiger partial charge in [-0.2, -0.15) is 0 Å². The van der Waals surface area contributed by atoms with Gasteiger partial charge in [-0.05, 0) is 101 Å². The van der Waals surface area contributed by atoms with Crippen molar-refractivity contribution in [2.24, 2.45) is 0 Å². The summed E-state index contributed by atoms with van der Waals surface area (Å²) in [5.41, 5.74) is 6.54. The lowest BCUT2D eigenvalue weighted by Gasteiger charge is -2.28. The van der Waals surface area contributed by atoms with E-state index in [0.29, 0.717) is 56.0 Å². The Labute approximate surface area is 514 Å². The summed E-state index contributed by atoms with van der Waals surface area (Å²) in [5.74, 6) is -1.12. The van der Waals surface area contributed by atoms with Gasteiger partial charge in [-0.1, -0.05) is 132 Å². The smallest absolute Gasteiger partial charge is 0.270 e. The number of methoxy groups -OCH3 is 2. The van der Waals surface area contributed by atoms with Crippen LogP contribution in [-0.4, -0.2) is 97.3 Å². The molecule has 6 aromatic carbocycles. The van der Waals surface area contributed by atoms with Gasteiger partial charge in [-0.15, -0.1) is 0 Å². The van der Waals surface area contributed by atoms with Gasteiger partial charge < -0.3 is 50.4 Å². The molecule has 0 unspecified atom stereocenters. The van der Waals surface area contributed by atoms with Gasteiger partial charge in [0.05, 0.1) is 35.2 Å². The number of aromatic hydroxyl groups is 2. The molecule has 20 heteroatoms. The van der Waals surface area contributed by atoms with Gasteiger partial charge in [0.15, 0.2) is 13.2 Å². The van der Waals surface area contributed by atoms with Crippen LogP contribution in [0.1, 0.15) is 171 Å². The van der Waals surface area contributed by atoms with Crippen LogP contribution in [0.3, 0.4) is 0 Å². The van der Waals surface area contributed by atoms with Crippen molar-refractivity contribution in [3.8, 4) is 34.5 Å². The fourth-order valence-corrected chi connectivity index (χ4v) is 10.3. The van der Waals surface area contributed by atoms with Gasteiger partial charge >= 0.3 is 0 Å². The largest absolute Gasteiger partial charge is 0.507 e. The number of phenols is 2. The molecule has 1 aliphatic rings. The third kappa shape index (κ3) is 16.2. The second-order valence-corrected chi connectivity index (χ2v) is 26.3. The summed E-state index contributed by atoms with van der Waals surface area (Å²) >= 11 is 0. The van der Waals surface area contributed by atoms with Crippen LogP contribution in [0.25, 0.3) is 0 Å². The van der Waals surface area contributed by atoms with Gasteiger partial charge in [0.25, 0.3) is 35.0 Å². The van der Waals surface area contributed by atoms with E-state index in [1.807, 2.05) is 48.5 Å². The van der Waals surface area contributed by atoms with Crippen molar-refractivity contribution < 1.29 is 58.2 Å². The summed E-state index contributed by atoms with van der Waals surface area (Å²) in [6.07, 6.45) is 0.608. The van der Waals surface area contributed by atoms with E-state index in [0.717, 1.165) is 34.4 Å². The predicted octanol–water partition coefficient (Wildman–Crippen LogP) is 10.6. The number of benzene rings is 6. The summed E-state index contributed by atoms with van der Waals surface area (Å²) in [5, 5.41) is 59.4. The van der Waals surface area contributed by atoms with E-state index in [4.69, 9.17) is 18.9 Å². The Morgan fingerprint density at radius 3 is 0.943 bits per heavy atom. The molecule has 88 heavy (non-hydrogen) atoms. The first-order valence-electron chi connectivity index (χ1n) is 29.2. The third-order valence-electron chi connectivity index (χ3n) is 15.4. The van der Waals surface area contributed by atoms with Crippen LogP contribution in [0.15, 0.2) is 84.9 Å². The molecule has 0 spiro atoms. The monoisotopic (exact) mass is 1210 g/mol. The molecule has 20 nitrogen and oxygen atoms in total. The van der Waals surface area contributed by atoms with Crippen LogP contribution in [0.2, 0.25) is 0 Å². The number of rotatable bonds is 18. The number of non-ortho nitro benzene ring substituents is 2. The number of phenolic OH excluding ortho intramolecular Hbond substituents is 2. The first-order chi connectivity index (χ1) is 41.2. The molecule has 8 bridgehead atoms. The summed E-state index contributed by atoms with van der Waals surface area (Å²) in [7, 11) is 2.70. The standard InChI is InChI=1S/C68H82N6O14/c1-65(2,3)47-27-39-23-43-31-49(67(7,8)9)33-45(61(43)87-37-57(75)69-19-21-71-63(79)53-35-51(73(81)82)15-17-55(53)85-13)25-41-29-48(66(4,5)6)30-42(60(41)78)26-46-34-50(68(10,11)12)32-44(24-40(28-47)59(39)77)62(46)88-38-58(76)70-20-22-72-64(80)54-36-52(74(83)84)16-18-56(54)86-14/h15-18,27-36,77-78H,19-26,37-38H2,1-14H3,(H,69,75)(H,70,76)(H,71,79)(H,72,80). The van der Waals surface area contributed by atoms with Crippen molar-refractivity contribution in [1.29, 1.82) is 0 Å². The average molecular weight is 1210 g/mol. The maximum atomic E-state index is 13.8. The number of carbonyl (C=O) groups is 4. The quantitative estimate of drug-likeness (QED) is 0.0265. The zero-order valence-electron chi connectivity index (χ0n) is 52.8. The summed E-state index contributed by atoms with van der Waals surface area (Å²) < 4.78 is 23.9. The molecule has 1 aliphatic carbocycles. The maximum Gasteiger partial charge on any atom is 0.270 e. The molecule has 6 aromatic rings. The normalized spacial score (nSPS) is 12.5. The molecule has 0 saturated heterocycles. The number of hydrogen-bond donors (Lipinski definition) is 6.